The monoisotopic (exact) mass is 193 g/mol. The zero-order valence-corrected chi connectivity index (χ0v) is 10.1. The third-order valence-corrected chi connectivity index (χ3v) is 0.825. The first kappa shape index (κ1) is 18.5. The van der Waals surface area contributed by atoms with Crippen LogP contribution in [0.3, 0.4) is 0 Å². The van der Waals surface area contributed by atoms with E-state index in [0.29, 0.717) is 6.42 Å². The van der Waals surface area contributed by atoms with E-state index in [9.17, 15) is 0 Å². The van der Waals surface area contributed by atoms with Crippen LogP contribution in [0.4, 0.5) is 0 Å². The van der Waals surface area contributed by atoms with Gasteiger partial charge in [-0.25, -0.2) is 0 Å². The molecule has 0 aliphatic carbocycles. The highest BCUT2D eigenvalue weighted by Gasteiger charge is 1.57. The number of nitriles is 1. The van der Waals surface area contributed by atoms with Gasteiger partial charge in [-0.2, -0.15) is 5.26 Å². The Kier molecular flexibility index (Phi) is 39.4. The summed E-state index contributed by atoms with van der Waals surface area (Å²) in [6.07, 6.45) is 0.625. The van der Waals surface area contributed by atoms with Crippen LogP contribution in [-0.2, 0) is 0 Å². The van der Waals surface area contributed by atoms with Gasteiger partial charge >= 0.3 is 0 Å². The van der Waals surface area contributed by atoms with Crippen LogP contribution in [0.2, 0.25) is 0 Å². The molecule has 0 aliphatic rings. The van der Waals surface area contributed by atoms with E-state index in [1.807, 2.05) is 77.1 Å². The predicted molar refractivity (Wildman–Crippen MR) is 65.0 cm³/mol. The van der Waals surface area contributed by atoms with Crippen LogP contribution in [-0.4, -0.2) is 0 Å². The summed E-state index contributed by atoms with van der Waals surface area (Å²) < 4.78 is 0. The lowest BCUT2D eigenvalue weighted by atomic mass is 10.4. The molecule has 0 radical (unpaired) electrons. The van der Waals surface area contributed by atoms with Crippen LogP contribution in [0.1, 0.15) is 41.0 Å². The van der Waals surface area contributed by atoms with Gasteiger partial charge in [0, 0.05) is 6.42 Å². The molecule has 1 heteroatoms. The second-order valence-corrected chi connectivity index (χ2v) is 1.67. The fourth-order valence-electron chi connectivity index (χ4n) is 0.385. The maximum absolute atomic E-state index is 7.62. The molecule has 14 heavy (non-hydrogen) atoms. The van der Waals surface area contributed by atoms with E-state index in [2.05, 4.69) is 0 Å². The second kappa shape index (κ2) is 29.8. The molecule has 0 N–H and O–H groups in total. The maximum atomic E-state index is 7.62. The van der Waals surface area contributed by atoms with Gasteiger partial charge < -0.3 is 0 Å². The molecule has 0 saturated carbocycles. The van der Waals surface area contributed by atoms with Crippen molar-refractivity contribution in [3.8, 4) is 6.07 Å². The Hall–Kier alpha value is -1.29. The van der Waals surface area contributed by atoms with Crippen LogP contribution in [0.15, 0.2) is 36.4 Å². The lowest BCUT2D eigenvalue weighted by Crippen LogP contribution is -1.47. The largest absolute Gasteiger partial charge is 0.198 e. The van der Waals surface area contributed by atoms with E-state index in [0.717, 1.165) is 0 Å². The quantitative estimate of drug-likeness (QED) is 0.588. The van der Waals surface area contributed by atoms with Crippen LogP contribution in [0.5, 0.6) is 0 Å². The summed E-state index contributed by atoms with van der Waals surface area (Å²) in [4.78, 5) is 0. The van der Waals surface area contributed by atoms with Gasteiger partial charge in [0.05, 0.1) is 6.07 Å². The molecule has 1 nitrogen and oxygen atoms in total. The lowest BCUT2D eigenvalue weighted by Gasteiger charge is -1.69. The Morgan fingerprint density at radius 2 is 0.929 bits per heavy atom. The zero-order chi connectivity index (χ0) is 11.7. The number of hydrogen-bond acceptors (Lipinski definition) is 1. The van der Waals surface area contributed by atoms with Crippen molar-refractivity contribution in [1.82, 2.24) is 0 Å². The number of rotatable bonds is 0. The fraction of sp³-hybridized carbons (Fsp3) is 0.462. The first-order valence-corrected chi connectivity index (χ1v) is 5.28. The standard InChI is InChI=1S/C6H6.C3H5N.2C2H6/c1-2-4-6-5-3-1;1-2-3-4;2*1-2/h1-6H;2H2,1H3;2*1-2H3. The molecule has 0 amide bonds. The van der Waals surface area contributed by atoms with Crippen molar-refractivity contribution in [2.45, 2.75) is 41.0 Å². The average Bonchev–Trinajstić information content (AvgIpc) is 2.36. The highest BCUT2D eigenvalue weighted by Crippen LogP contribution is 1.79. The van der Waals surface area contributed by atoms with Crippen molar-refractivity contribution in [3.63, 3.8) is 0 Å². The van der Waals surface area contributed by atoms with E-state index < -0.39 is 0 Å². The van der Waals surface area contributed by atoms with Gasteiger partial charge in [-0.1, -0.05) is 71.0 Å². The van der Waals surface area contributed by atoms with Crippen LogP contribution in [0, 0.1) is 11.3 Å². The Balaban J connectivity index is -0.000000134. The van der Waals surface area contributed by atoms with Crippen molar-refractivity contribution < 1.29 is 0 Å². The molecule has 0 aromatic heterocycles. The zero-order valence-electron chi connectivity index (χ0n) is 10.1. The minimum atomic E-state index is 0.625. The molecule has 1 aromatic carbocycles. The smallest absolute Gasteiger partial charge is 0.0618 e. The molecule has 0 unspecified atom stereocenters. The summed E-state index contributed by atoms with van der Waals surface area (Å²) >= 11 is 0. The highest BCUT2D eigenvalue weighted by molar-refractivity contribution is 4.99. The SMILES string of the molecule is CC.CC.CCC#N.c1ccccc1. The molecule has 0 heterocycles. The molecular weight excluding hydrogens is 170 g/mol. The summed E-state index contributed by atoms with van der Waals surface area (Å²) in [5, 5.41) is 7.62. The molecule has 0 bridgehead atoms. The predicted octanol–water partition coefficient (Wildman–Crippen LogP) is 4.66. The van der Waals surface area contributed by atoms with Crippen LogP contribution >= 0.6 is 0 Å². The van der Waals surface area contributed by atoms with Gasteiger partial charge in [-0.3, -0.25) is 0 Å². The summed E-state index contributed by atoms with van der Waals surface area (Å²) in [5.74, 6) is 0. The van der Waals surface area contributed by atoms with Crippen LogP contribution < -0.4 is 0 Å². The Morgan fingerprint density at radius 1 is 0.786 bits per heavy atom. The maximum Gasteiger partial charge on any atom is 0.0618 e. The van der Waals surface area contributed by atoms with Crippen molar-refractivity contribution in [2.75, 3.05) is 0 Å². The van der Waals surface area contributed by atoms with Gasteiger partial charge in [-0.15, -0.1) is 0 Å². The third-order valence-electron chi connectivity index (χ3n) is 0.825. The average molecular weight is 193 g/mol. The van der Waals surface area contributed by atoms with Gasteiger partial charge in [0.2, 0.25) is 0 Å². The molecule has 0 spiro atoms. The summed E-state index contributed by atoms with van der Waals surface area (Å²) in [7, 11) is 0. The summed E-state index contributed by atoms with van der Waals surface area (Å²) in [6, 6.07) is 13.9. The minimum absolute atomic E-state index is 0.625. The minimum Gasteiger partial charge on any atom is -0.198 e. The topological polar surface area (TPSA) is 23.8 Å². The molecule has 0 saturated heterocycles. The van der Waals surface area contributed by atoms with E-state index >= 15 is 0 Å². The van der Waals surface area contributed by atoms with E-state index in [4.69, 9.17) is 5.26 Å². The van der Waals surface area contributed by atoms with Gasteiger partial charge in [0.1, 0.15) is 0 Å². The first-order chi connectivity index (χ1) is 6.91. The second-order valence-electron chi connectivity index (χ2n) is 1.67. The lowest BCUT2D eigenvalue weighted by molar-refractivity contribution is 1.22. The van der Waals surface area contributed by atoms with E-state index in [1.54, 1.807) is 0 Å². The molecule has 0 atom stereocenters. The van der Waals surface area contributed by atoms with Crippen molar-refractivity contribution >= 4 is 0 Å². The normalized spacial score (nSPS) is 5.71. The Bertz CT molecular complexity index is 147. The molecule has 0 fully saturated rings. The van der Waals surface area contributed by atoms with Crippen molar-refractivity contribution in [3.05, 3.63) is 36.4 Å². The molecular formula is C13H23N. The molecule has 0 aliphatic heterocycles. The number of benzene rings is 1. The van der Waals surface area contributed by atoms with E-state index in [-0.39, 0.29) is 0 Å². The Labute approximate surface area is 89.4 Å². The van der Waals surface area contributed by atoms with Gasteiger partial charge in [0.25, 0.3) is 0 Å². The summed E-state index contributed by atoms with van der Waals surface area (Å²) in [5.41, 5.74) is 0. The molecule has 80 valence electrons. The fourth-order valence-corrected chi connectivity index (χ4v) is 0.385. The Morgan fingerprint density at radius 3 is 1.00 bits per heavy atom. The van der Waals surface area contributed by atoms with Gasteiger partial charge in [0.15, 0.2) is 0 Å². The van der Waals surface area contributed by atoms with E-state index in [1.165, 1.54) is 0 Å². The van der Waals surface area contributed by atoms with Crippen molar-refractivity contribution in [1.29, 1.82) is 5.26 Å². The van der Waals surface area contributed by atoms with Crippen LogP contribution in [0.25, 0.3) is 0 Å². The highest BCUT2D eigenvalue weighted by atomic mass is 14.2. The van der Waals surface area contributed by atoms with Crippen molar-refractivity contribution in [2.24, 2.45) is 0 Å². The molecule has 1 aromatic rings. The number of nitrogens with zero attached hydrogens (tertiary/aromatic N) is 1. The van der Waals surface area contributed by atoms with Gasteiger partial charge in [-0.05, 0) is 0 Å². The third kappa shape index (κ3) is 31.0. The first-order valence-electron chi connectivity index (χ1n) is 5.28. The molecule has 1 rings (SSSR count). The number of hydrogen-bond donors (Lipinski definition) is 0. The summed E-state index contributed by atoms with van der Waals surface area (Å²) in [6.45, 7) is 9.82.